The van der Waals surface area contributed by atoms with Gasteiger partial charge in [0.15, 0.2) is 0 Å². The highest BCUT2D eigenvalue weighted by atomic mass is 79.9. The number of halogens is 2. The van der Waals surface area contributed by atoms with E-state index in [-0.39, 0.29) is 0 Å². The molecule has 3 fully saturated rings. The minimum atomic E-state index is 0.455. The largest absolute Gasteiger partial charge is 0.0890 e. The quantitative estimate of drug-likeness (QED) is 0.298. The molecule has 0 aromatic carbocycles. The molecule has 0 aliphatic heterocycles. The fourth-order valence-corrected chi connectivity index (χ4v) is 7.45. The Hall–Kier alpha value is 0.700. The fraction of sp³-hybridized carbons (Fsp3) is 0.909. The molecule has 0 spiro atoms. The lowest BCUT2D eigenvalue weighted by Gasteiger charge is -2.34. The summed E-state index contributed by atoms with van der Waals surface area (Å²) in [5.41, 5.74) is 2.33. The Kier molecular flexibility index (Phi) is 6.28. The molecule has 0 bridgehead atoms. The van der Waals surface area contributed by atoms with E-state index in [2.05, 4.69) is 65.6 Å². The van der Waals surface area contributed by atoms with Crippen LogP contribution in [0.4, 0.5) is 0 Å². The van der Waals surface area contributed by atoms with Crippen LogP contribution in [0.5, 0.6) is 0 Å². The van der Waals surface area contributed by atoms with Crippen LogP contribution in [0.2, 0.25) is 0 Å². The Balaban J connectivity index is 1.76. The molecule has 0 N–H and O–H groups in total. The molecule has 3 aliphatic rings. The van der Waals surface area contributed by atoms with Crippen molar-refractivity contribution in [1.82, 2.24) is 0 Å². The van der Waals surface area contributed by atoms with Gasteiger partial charge < -0.3 is 0 Å². The van der Waals surface area contributed by atoms with Gasteiger partial charge in [-0.05, 0) is 86.4 Å². The number of fused-ring (bicyclic) bond motifs is 3. The predicted octanol–water partition coefficient (Wildman–Crippen LogP) is 7.75. The van der Waals surface area contributed by atoms with Crippen LogP contribution in [-0.4, -0.2) is 9.65 Å². The van der Waals surface area contributed by atoms with Crippen LogP contribution in [0.15, 0.2) is 11.6 Å². The smallest absolute Gasteiger partial charge is 0.0151 e. The molecular weight excluding hydrogens is 424 g/mol. The molecule has 7 atom stereocenters. The summed E-state index contributed by atoms with van der Waals surface area (Å²) in [5, 5.41) is 0. The van der Waals surface area contributed by atoms with Crippen molar-refractivity contribution >= 4 is 31.9 Å². The topological polar surface area (TPSA) is 0 Å². The number of hydrogen-bond donors (Lipinski definition) is 0. The van der Waals surface area contributed by atoms with Crippen molar-refractivity contribution < 1.29 is 0 Å². The third-order valence-corrected chi connectivity index (χ3v) is 8.47. The van der Waals surface area contributed by atoms with Crippen molar-refractivity contribution in [1.29, 1.82) is 0 Å². The van der Waals surface area contributed by atoms with Gasteiger partial charge >= 0.3 is 0 Å². The summed E-state index contributed by atoms with van der Waals surface area (Å²) >= 11 is 7.89. The Morgan fingerprint density at radius 1 is 0.958 bits per heavy atom. The summed E-state index contributed by atoms with van der Waals surface area (Å²) in [7, 11) is 0. The summed E-state index contributed by atoms with van der Waals surface area (Å²) in [6.07, 6.45) is 13.8. The Morgan fingerprint density at radius 2 is 1.46 bits per heavy atom. The zero-order valence-electron chi connectivity index (χ0n) is 16.0. The second kappa shape index (κ2) is 7.75. The van der Waals surface area contributed by atoms with Crippen LogP contribution in [0, 0.1) is 35.0 Å². The van der Waals surface area contributed by atoms with Gasteiger partial charge in [-0.25, -0.2) is 0 Å². The van der Waals surface area contributed by atoms with Crippen molar-refractivity contribution in [2.75, 3.05) is 0 Å². The highest BCUT2D eigenvalue weighted by Gasteiger charge is 2.49. The molecule has 3 saturated carbocycles. The maximum atomic E-state index is 3.95. The maximum absolute atomic E-state index is 3.95. The molecule has 24 heavy (non-hydrogen) atoms. The summed E-state index contributed by atoms with van der Waals surface area (Å²) < 4.78 is 0. The van der Waals surface area contributed by atoms with E-state index in [1.807, 2.05) is 5.57 Å². The van der Waals surface area contributed by atoms with Gasteiger partial charge in [0.05, 0.1) is 0 Å². The number of allylic oxidation sites excluding steroid dienone is 2. The Bertz CT molecular complexity index is 433. The van der Waals surface area contributed by atoms with Gasteiger partial charge in [0, 0.05) is 9.65 Å². The maximum Gasteiger partial charge on any atom is 0.0151 e. The van der Waals surface area contributed by atoms with E-state index in [1.165, 1.54) is 51.4 Å². The molecule has 7 unspecified atom stereocenters. The van der Waals surface area contributed by atoms with Crippen molar-refractivity contribution in [3.05, 3.63) is 11.6 Å². The monoisotopic (exact) mass is 458 g/mol. The second-order valence-electron chi connectivity index (χ2n) is 10.2. The minimum Gasteiger partial charge on any atom is -0.0890 e. The van der Waals surface area contributed by atoms with Crippen molar-refractivity contribution in [3.8, 4) is 0 Å². The molecule has 3 aliphatic carbocycles. The zero-order valence-corrected chi connectivity index (χ0v) is 19.2. The van der Waals surface area contributed by atoms with Crippen LogP contribution >= 0.6 is 31.9 Å². The summed E-state index contributed by atoms with van der Waals surface area (Å²) in [6.45, 7) is 9.59. The molecule has 0 heterocycles. The van der Waals surface area contributed by atoms with E-state index in [9.17, 15) is 0 Å². The van der Waals surface area contributed by atoms with E-state index in [1.54, 1.807) is 0 Å². The van der Waals surface area contributed by atoms with Crippen LogP contribution in [0.25, 0.3) is 0 Å². The molecule has 0 radical (unpaired) electrons. The first kappa shape index (κ1) is 19.5. The van der Waals surface area contributed by atoms with E-state index in [0.29, 0.717) is 5.41 Å². The van der Waals surface area contributed by atoms with Gasteiger partial charge in [-0.3, -0.25) is 0 Å². The lowest BCUT2D eigenvalue weighted by Crippen LogP contribution is -2.28. The van der Waals surface area contributed by atoms with Crippen LogP contribution in [-0.2, 0) is 0 Å². The Labute approximate surface area is 166 Å². The first-order valence-corrected chi connectivity index (χ1v) is 12.1. The van der Waals surface area contributed by atoms with Gasteiger partial charge in [-0.15, -0.1) is 0 Å². The molecular formula is C22H36Br2. The molecule has 3 rings (SSSR count). The van der Waals surface area contributed by atoms with E-state index in [0.717, 1.165) is 39.2 Å². The molecule has 0 saturated heterocycles. The van der Waals surface area contributed by atoms with Crippen molar-refractivity contribution in [2.45, 2.75) is 88.7 Å². The third kappa shape index (κ3) is 4.51. The van der Waals surface area contributed by atoms with E-state index < -0.39 is 0 Å². The van der Waals surface area contributed by atoms with E-state index >= 15 is 0 Å². The zero-order chi connectivity index (χ0) is 17.5. The normalized spacial score (nSPS) is 40.8. The van der Waals surface area contributed by atoms with E-state index in [4.69, 9.17) is 0 Å². The second-order valence-corrected chi connectivity index (χ2v) is 12.8. The van der Waals surface area contributed by atoms with Gasteiger partial charge in [0.2, 0.25) is 0 Å². The highest BCUT2D eigenvalue weighted by molar-refractivity contribution is 9.09. The lowest BCUT2D eigenvalue weighted by molar-refractivity contribution is 0.190. The lowest BCUT2D eigenvalue weighted by atomic mass is 9.73. The molecule has 0 amide bonds. The minimum absolute atomic E-state index is 0.455. The average molecular weight is 460 g/mol. The third-order valence-electron chi connectivity index (χ3n) is 6.80. The Morgan fingerprint density at radius 3 is 1.92 bits per heavy atom. The highest BCUT2D eigenvalue weighted by Crippen LogP contribution is 2.58. The van der Waals surface area contributed by atoms with Gasteiger partial charge in [0.1, 0.15) is 0 Å². The molecule has 0 aromatic rings. The van der Waals surface area contributed by atoms with Crippen molar-refractivity contribution in [3.63, 3.8) is 0 Å². The SMILES string of the molecule is CC(CC=C1C2CC(Br)CCC2C2CCC(Br)CC12)CC(C)(C)C. The van der Waals surface area contributed by atoms with Crippen LogP contribution < -0.4 is 0 Å². The van der Waals surface area contributed by atoms with Crippen LogP contribution in [0.1, 0.15) is 79.1 Å². The number of rotatable bonds is 3. The van der Waals surface area contributed by atoms with Gasteiger partial charge in [-0.1, -0.05) is 71.2 Å². The first-order chi connectivity index (χ1) is 11.2. The molecule has 2 heteroatoms. The number of alkyl halides is 2. The van der Waals surface area contributed by atoms with Crippen molar-refractivity contribution in [2.24, 2.45) is 35.0 Å². The molecule has 0 nitrogen and oxygen atoms in total. The van der Waals surface area contributed by atoms with Crippen LogP contribution in [0.3, 0.4) is 0 Å². The first-order valence-electron chi connectivity index (χ1n) is 10.2. The summed E-state index contributed by atoms with van der Waals surface area (Å²) in [6, 6.07) is 0. The fourth-order valence-electron chi connectivity index (χ4n) is 6.12. The van der Waals surface area contributed by atoms with Gasteiger partial charge in [-0.2, -0.15) is 0 Å². The standard InChI is InChI=1S/C22H36Br2/c1-14(13-22(2,3)4)5-8-19-20-11-15(23)6-9-17(20)18-10-7-16(24)12-21(18)19/h8,14-18,20-21H,5-7,9-13H2,1-4H3. The molecule has 0 aromatic heterocycles. The van der Waals surface area contributed by atoms with Gasteiger partial charge in [0.25, 0.3) is 0 Å². The average Bonchev–Trinajstić information content (AvgIpc) is 2.75. The number of hydrogen-bond acceptors (Lipinski definition) is 0. The summed E-state index contributed by atoms with van der Waals surface area (Å²) in [4.78, 5) is 1.52. The molecule has 138 valence electrons. The predicted molar refractivity (Wildman–Crippen MR) is 113 cm³/mol. The summed E-state index contributed by atoms with van der Waals surface area (Å²) in [5.74, 6) is 4.57.